The zero-order valence-electron chi connectivity index (χ0n) is 14.5. The Hall–Kier alpha value is -3.03. The number of allylic oxidation sites excluding steroid dienone is 1. The third-order valence-electron chi connectivity index (χ3n) is 4.55. The van der Waals surface area contributed by atoms with Crippen LogP contribution in [-0.2, 0) is 11.3 Å². The number of rotatable bonds is 9. The molecule has 1 saturated heterocycles. The first-order chi connectivity index (χ1) is 12.6. The summed E-state index contributed by atoms with van der Waals surface area (Å²) in [4.78, 5) is 24.2. The molecule has 1 aliphatic rings. The van der Waals surface area contributed by atoms with E-state index in [0.29, 0.717) is 24.3 Å². The second-order valence-electron chi connectivity index (χ2n) is 6.38. The molecule has 1 aromatic carbocycles. The first-order valence-electron chi connectivity index (χ1n) is 8.65. The van der Waals surface area contributed by atoms with E-state index < -0.39 is 4.92 Å². The fraction of sp³-hybridized carbons (Fsp3) is 0.389. The summed E-state index contributed by atoms with van der Waals surface area (Å²) >= 11 is 0. The number of hydrogen-bond acceptors (Lipinski definition) is 5. The molecule has 1 aliphatic heterocycles. The molecule has 2 aromatic rings. The SMILES string of the molecule is C=CCCCCC1CC(=O)N1Cc1cn(-c2cccc([N+](=O)[O-])c2)nn1. The molecule has 0 bridgehead atoms. The van der Waals surface area contributed by atoms with Gasteiger partial charge in [-0.05, 0) is 25.3 Å². The number of non-ortho nitro benzene ring substituents is 1. The van der Waals surface area contributed by atoms with E-state index >= 15 is 0 Å². The molecule has 26 heavy (non-hydrogen) atoms. The monoisotopic (exact) mass is 355 g/mol. The summed E-state index contributed by atoms with van der Waals surface area (Å²) in [5, 5.41) is 19.0. The van der Waals surface area contributed by atoms with Crippen molar-refractivity contribution in [3.05, 3.63) is 58.9 Å². The average molecular weight is 355 g/mol. The molecule has 2 heterocycles. The Morgan fingerprint density at radius 1 is 1.38 bits per heavy atom. The number of benzene rings is 1. The number of carbonyl (C=O) groups is 1. The summed E-state index contributed by atoms with van der Waals surface area (Å²) in [5.41, 5.74) is 1.23. The van der Waals surface area contributed by atoms with Gasteiger partial charge in [0, 0.05) is 24.6 Å². The van der Waals surface area contributed by atoms with Crippen LogP contribution in [0.4, 0.5) is 5.69 Å². The van der Waals surface area contributed by atoms with Gasteiger partial charge >= 0.3 is 0 Å². The maximum Gasteiger partial charge on any atom is 0.271 e. The highest BCUT2D eigenvalue weighted by Crippen LogP contribution is 2.26. The van der Waals surface area contributed by atoms with Gasteiger partial charge in [-0.15, -0.1) is 11.7 Å². The Kier molecular flexibility index (Phi) is 5.40. The van der Waals surface area contributed by atoms with Crippen LogP contribution in [0, 0.1) is 10.1 Å². The van der Waals surface area contributed by atoms with Crippen LogP contribution in [-0.4, -0.2) is 36.8 Å². The molecule has 0 saturated carbocycles. The van der Waals surface area contributed by atoms with Crippen LogP contribution in [0.3, 0.4) is 0 Å². The van der Waals surface area contributed by atoms with Crippen LogP contribution in [0.5, 0.6) is 0 Å². The van der Waals surface area contributed by atoms with Gasteiger partial charge in [0.25, 0.3) is 5.69 Å². The largest absolute Gasteiger partial charge is 0.333 e. The van der Waals surface area contributed by atoms with Crippen LogP contribution >= 0.6 is 0 Å². The van der Waals surface area contributed by atoms with Crippen LogP contribution in [0.15, 0.2) is 43.1 Å². The van der Waals surface area contributed by atoms with Crippen molar-refractivity contribution >= 4 is 11.6 Å². The second kappa shape index (κ2) is 7.90. The van der Waals surface area contributed by atoms with Gasteiger partial charge in [0.15, 0.2) is 0 Å². The van der Waals surface area contributed by atoms with Crippen molar-refractivity contribution in [3.8, 4) is 5.69 Å². The molecule has 1 unspecified atom stereocenters. The quantitative estimate of drug-likeness (QED) is 0.227. The first-order valence-corrected chi connectivity index (χ1v) is 8.65. The van der Waals surface area contributed by atoms with Crippen molar-refractivity contribution in [1.29, 1.82) is 0 Å². The van der Waals surface area contributed by atoms with E-state index in [1.165, 1.54) is 16.8 Å². The van der Waals surface area contributed by atoms with Crippen LogP contribution in [0.2, 0.25) is 0 Å². The molecule has 136 valence electrons. The highest BCUT2D eigenvalue weighted by molar-refractivity contribution is 5.82. The highest BCUT2D eigenvalue weighted by Gasteiger charge is 2.35. The molecule has 1 aromatic heterocycles. The third-order valence-corrected chi connectivity index (χ3v) is 4.55. The molecule has 8 heteroatoms. The van der Waals surface area contributed by atoms with E-state index in [4.69, 9.17) is 0 Å². The molecule has 8 nitrogen and oxygen atoms in total. The lowest BCUT2D eigenvalue weighted by Crippen LogP contribution is -2.51. The number of hydrogen-bond donors (Lipinski definition) is 0. The van der Waals surface area contributed by atoms with E-state index in [9.17, 15) is 14.9 Å². The van der Waals surface area contributed by atoms with Crippen molar-refractivity contribution in [1.82, 2.24) is 19.9 Å². The maximum atomic E-state index is 11.9. The molecular weight excluding hydrogens is 334 g/mol. The Morgan fingerprint density at radius 2 is 2.23 bits per heavy atom. The van der Waals surface area contributed by atoms with Crippen molar-refractivity contribution in [2.75, 3.05) is 0 Å². The average Bonchev–Trinajstić information content (AvgIpc) is 3.11. The molecular formula is C18H21N5O3. The third kappa shape index (κ3) is 3.96. The van der Waals surface area contributed by atoms with E-state index in [0.717, 1.165) is 25.7 Å². The van der Waals surface area contributed by atoms with E-state index in [1.54, 1.807) is 18.3 Å². The number of nitrogens with zero attached hydrogens (tertiary/aromatic N) is 5. The number of aromatic nitrogens is 3. The number of nitro groups is 1. The molecule has 1 amide bonds. The van der Waals surface area contributed by atoms with Crippen molar-refractivity contribution in [3.63, 3.8) is 0 Å². The summed E-state index contributed by atoms with van der Waals surface area (Å²) in [5.74, 6) is 0.128. The number of β-lactam (4-membered cyclic amide) rings is 1. The molecule has 0 N–H and O–H groups in total. The minimum atomic E-state index is -0.447. The minimum Gasteiger partial charge on any atom is -0.333 e. The highest BCUT2D eigenvalue weighted by atomic mass is 16.6. The lowest BCUT2D eigenvalue weighted by molar-refractivity contribution is -0.384. The van der Waals surface area contributed by atoms with Crippen LogP contribution < -0.4 is 0 Å². The summed E-state index contributed by atoms with van der Waals surface area (Å²) < 4.78 is 1.49. The Balaban J connectivity index is 1.63. The zero-order valence-corrected chi connectivity index (χ0v) is 14.5. The molecule has 1 atom stereocenters. The molecule has 0 spiro atoms. The smallest absolute Gasteiger partial charge is 0.271 e. The van der Waals surface area contributed by atoms with Crippen LogP contribution in [0.1, 0.15) is 37.8 Å². The van der Waals surface area contributed by atoms with Crippen molar-refractivity contribution < 1.29 is 9.72 Å². The molecule has 0 radical (unpaired) electrons. The van der Waals surface area contributed by atoms with Gasteiger partial charge in [-0.25, -0.2) is 4.68 Å². The predicted molar refractivity (Wildman–Crippen MR) is 95.6 cm³/mol. The van der Waals surface area contributed by atoms with Gasteiger partial charge in [0.05, 0.1) is 23.4 Å². The summed E-state index contributed by atoms with van der Waals surface area (Å²) in [7, 11) is 0. The number of likely N-dealkylation sites (tertiary alicyclic amines) is 1. The summed E-state index contributed by atoms with van der Waals surface area (Å²) in [6, 6.07) is 6.46. The summed E-state index contributed by atoms with van der Waals surface area (Å²) in [6.45, 7) is 4.13. The molecule has 1 fully saturated rings. The molecule has 0 aliphatic carbocycles. The zero-order chi connectivity index (χ0) is 18.5. The lowest BCUT2D eigenvalue weighted by atomic mass is 9.95. The maximum absolute atomic E-state index is 11.9. The Labute approximate surface area is 151 Å². The lowest BCUT2D eigenvalue weighted by Gasteiger charge is -2.40. The van der Waals surface area contributed by atoms with E-state index in [1.807, 2.05) is 11.0 Å². The van der Waals surface area contributed by atoms with Gasteiger partial charge in [-0.3, -0.25) is 14.9 Å². The summed E-state index contributed by atoms with van der Waals surface area (Å²) in [6.07, 6.45) is 8.35. The number of nitro benzene ring substituents is 1. The normalized spacial score (nSPS) is 16.4. The van der Waals surface area contributed by atoms with Gasteiger partial charge in [0.1, 0.15) is 5.69 Å². The minimum absolute atomic E-state index is 0.00272. The second-order valence-corrected chi connectivity index (χ2v) is 6.38. The Morgan fingerprint density at radius 3 is 2.96 bits per heavy atom. The van der Waals surface area contributed by atoms with Gasteiger partial charge in [-0.2, -0.15) is 0 Å². The predicted octanol–water partition coefficient (Wildman–Crippen LogP) is 3.02. The van der Waals surface area contributed by atoms with Gasteiger partial charge in [0.2, 0.25) is 5.91 Å². The van der Waals surface area contributed by atoms with Gasteiger partial charge in [-0.1, -0.05) is 23.8 Å². The number of amides is 1. The topological polar surface area (TPSA) is 94.2 Å². The fourth-order valence-electron chi connectivity index (χ4n) is 3.08. The van der Waals surface area contributed by atoms with E-state index in [2.05, 4.69) is 16.9 Å². The van der Waals surface area contributed by atoms with Crippen molar-refractivity contribution in [2.24, 2.45) is 0 Å². The van der Waals surface area contributed by atoms with Crippen LogP contribution in [0.25, 0.3) is 5.69 Å². The first kappa shape index (κ1) is 17.8. The number of unbranched alkanes of at least 4 members (excludes halogenated alkanes) is 2. The molecule has 3 rings (SSSR count). The Bertz CT molecular complexity index is 817. The van der Waals surface area contributed by atoms with Gasteiger partial charge < -0.3 is 4.90 Å². The number of carbonyl (C=O) groups excluding carboxylic acids is 1. The fourth-order valence-corrected chi connectivity index (χ4v) is 3.08. The van der Waals surface area contributed by atoms with Crippen molar-refractivity contribution in [2.45, 2.75) is 44.7 Å². The van der Waals surface area contributed by atoms with E-state index in [-0.39, 0.29) is 17.6 Å². The standard InChI is InChI=1S/C18H21N5O3/c1-2-3-4-5-7-15-11-18(24)21(15)12-14-13-22(20-19-14)16-8-6-9-17(10-16)23(25)26/h2,6,8-10,13,15H,1,3-5,7,11-12H2.